The molecule has 4 aliphatic heterocycles. The average Bonchev–Trinajstić information content (AvgIpc) is 3.83. The summed E-state index contributed by atoms with van der Waals surface area (Å²) in [6.45, 7) is 13.0. The maximum Gasteiger partial charge on any atom is 0.234 e. The van der Waals surface area contributed by atoms with Gasteiger partial charge in [0.1, 0.15) is 30.3 Å². The standard InChI is InChI=1S/C50H58BrF2N10O5P/c1-6-30-22-41(57-50-55-27-37(51)47(59-50)56-40-9-7-31-21-29(2)54-26-36(31)46(40)69(4,5)67)43(68-3)25-42(30)61-15-12-33(13-16-61)60-17-19-62(20-18-60)49(66)32-11-14-63(28-32)34-23-38(52)45(39(53)24-34)35-8-10-44(64)58-48(35)65/h7,9,21-27,32-33,35H,6,8,10-20,28H2,1-5H3,(H,58,64,65)(H2,55,56,57,59). The molecule has 2 aromatic heterocycles. The number of aromatic nitrogens is 3. The number of halogens is 3. The van der Waals surface area contributed by atoms with Crippen molar-refractivity contribution in [3.63, 3.8) is 0 Å². The molecule has 5 aromatic rings. The molecule has 0 radical (unpaired) electrons. The summed E-state index contributed by atoms with van der Waals surface area (Å²) >= 11 is 3.61. The highest BCUT2D eigenvalue weighted by atomic mass is 79.9. The molecule has 3 aromatic carbocycles. The number of anilines is 6. The molecule has 0 spiro atoms. The fraction of sp³-hybridized carbons (Fsp3) is 0.440. The Balaban J connectivity index is 0.796. The number of hydrogen-bond donors (Lipinski definition) is 3. The van der Waals surface area contributed by atoms with E-state index in [0.717, 1.165) is 78.8 Å². The minimum Gasteiger partial charge on any atom is -0.494 e. The number of piperidine rings is 2. The van der Waals surface area contributed by atoms with Crippen LogP contribution in [0, 0.1) is 24.5 Å². The van der Waals surface area contributed by atoms with Gasteiger partial charge in [0.05, 0.1) is 34.8 Å². The fourth-order valence-corrected chi connectivity index (χ4v) is 12.3. The van der Waals surface area contributed by atoms with Crippen molar-refractivity contribution in [1.29, 1.82) is 0 Å². The molecule has 9 rings (SSSR count). The van der Waals surface area contributed by atoms with Gasteiger partial charge in [-0.3, -0.25) is 29.6 Å². The number of imide groups is 1. The van der Waals surface area contributed by atoms with Crippen molar-refractivity contribution in [2.75, 3.05) is 93.2 Å². The Hall–Kier alpha value is -5.71. The molecule has 4 saturated heterocycles. The zero-order valence-corrected chi connectivity index (χ0v) is 42.1. The van der Waals surface area contributed by atoms with E-state index in [4.69, 9.17) is 9.72 Å². The van der Waals surface area contributed by atoms with E-state index < -0.39 is 36.5 Å². The number of hydrogen-bond acceptors (Lipinski definition) is 13. The van der Waals surface area contributed by atoms with E-state index in [-0.39, 0.29) is 30.2 Å². The van der Waals surface area contributed by atoms with Crippen molar-refractivity contribution in [2.24, 2.45) is 5.92 Å². The van der Waals surface area contributed by atoms with Gasteiger partial charge >= 0.3 is 0 Å². The molecule has 4 fully saturated rings. The van der Waals surface area contributed by atoms with Crippen LogP contribution in [0.2, 0.25) is 0 Å². The summed E-state index contributed by atoms with van der Waals surface area (Å²) in [5.74, 6) is -2.50. The summed E-state index contributed by atoms with van der Waals surface area (Å²) in [7, 11) is -1.09. The highest BCUT2D eigenvalue weighted by molar-refractivity contribution is 9.10. The second-order valence-corrected chi connectivity index (χ2v) is 22.9. The van der Waals surface area contributed by atoms with Gasteiger partial charge in [-0.05, 0) is 110 Å². The lowest BCUT2D eigenvalue weighted by Gasteiger charge is -2.44. The lowest BCUT2D eigenvalue weighted by atomic mass is 9.89. The van der Waals surface area contributed by atoms with Gasteiger partial charge in [0.15, 0.2) is 0 Å². The maximum atomic E-state index is 15.3. The number of fused-ring (bicyclic) bond motifs is 1. The number of amides is 3. The van der Waals surface area contributed by atoms with Crippen molar-refractivity contribution in [3.05, 3.63) is 87.8 Å². The third-order valence-corrected chi connectivity index (χ3v) is 16.2. The summed E-state index contributed by atoms with van der Waals surface area (Å²) in [5.41, 5.74) is 4.63. The van der Waals surface area contributed by atoms with Crippen LogP contribution in [0.15, 0.2) is 59.3 Å². The Morgan fingerprint density at radius 3 is 2.30 bits per heavy atom. The zero-order chi connectivity index (χ0) is 48.7. The molecule has 0 bridgehead atoms. The van der Waals surface area contributed by atoms with E-state index in [2.05, 4.69) is 70.7 Å². The fourth-order valence-electron chi connectivity index (χ4n) is 10.5. The summed E-state index contributed by atoms with van der Waals surface area (Å²) in [6, 6.07) is 13.0. The van der Waals surface area contributed by atoms with Gasteiger partial charge in [0.2, 0.25) is 23.7 Å². The first-order chi connectivity index (χ1) is 33.1. The summed E-state index contributed by atoms with van der Waals surface area (Å²) in [5, 5.41) is 11.5. The number of pyridine rings is 1. The number of rotatable bonds is 12. The Kier molecular flexibility index (Phi) is 14.0. The molecular formula is C50H58BrF2N10O5P. The predicted octanol–water partition coefficient (Wildman–Crippen LogP) is 7.84. The van der Waals surface area contributed by atoms with Crippen LogP contribution in [0.4, 0.5) is 43.3 Å². The normalized spacial score (nSPS) is 19.6. The molecule has 364 valence electrons. The first-order valence-electron chi connectivity index (χ1n) is 23.7. The summed E-state index contributed by atoms with van der Waals surface area (Å²) in [4.78, 5) is 60.3. The number of aryl methyl sites for hydroxylation is 2. The van der Waals surface area contributed by atoms with Crippen molar-refractivity contribution in [3.8, 4) is 5.75 Å². The number of carbonyl (C=O) groups is 3. The minimum absolute atomic E-state index is 0.0262. The Morgan fingerprint density at radius 2 is 1.62 bits per heavy atom. The van der Waals surface area contributed by atoms with Crippen LogP contribution in [0.3, 0.4) is 0 Å². The number of piperazine rings is 1. The van der Waals surface area contributed by atoms with Gasteiger partial charge in [0, 0.05) is 117 Å². The Morgan fingerprint density at radius 1 is 0.899 bits per heavy atom. The van der Waals surface area contributed by atoms with Crippen LogP contribution in [0.25, 0.3) is 10.8 Å². The first kappa shape index (κ1) is 48.3. The van der Waals surface area contributed by atoms with Gasteiger partial charge in [-0.2, -0.15) is 4.98 Å². The molecule has 6 heterocycles. The monoisotopic (exact) mass is 1030 g/mol. The Bertz CT molecular complexity index is 2850. The van der Waals surface area contributed by atoms with Crippen LogP contribution < -0.4 is 35.8 Å². The highest BCUT2D eigenvalue weighted by Gasteiger charge is 2.37. The largest absolute Gasteiger partial charge is 0.494 e. The van der Waals surface area contributed by atoms with E-state index in [1.54, 1.807) is 32.8 Å². The highest BCUT2D eigenvalue weighted by Crippen LogP contribution is 2.43. The molecule has 0 saturated carbocycles. The quantitative estimate of drug-likeness (QED) is 0.0819. The molecule has 3 amide bonds. The molecule has 2 unspecified atom stereocenters. The summed E-state index contributed by atoms with van der Waals surface area (Å²) in [6.07, 6.45) is 6.90. The van der Waals surface area contributed by atoms with E-state index in [1.807, 2.05) is 34.9 Å². The number of nitrogens with zero attached hydrogens (tertiary/aromatic N) is 7. The summed E-state index contributed by atoms with van der Waals surface area (Å²) < 4.78 is 50.9. The molecule has 19 heteroatoms. The van der Waals surface area contributed by atoms with Crippen molar-refractivity contribution in [2.45, 2.75) is 64.3 Å². The molecule has 3 N–H and O–H groups in total. The van der Waals surface area contributed by atoms with Gasteiger partial charge in [-0.15, -0.1) is 0 Å². The molecule has 15 nitrogen and oxygen atoms in total. The van der Waals surface area contributed by atoms with Gasteiger partial charge in [0.25, 0.3) is 0 Å². The maximum absolute atomic E-state index is 15.3. The van der Waals surface area contributed by atoms with Crippen LogP contribution >= 0.6 is 23.1 Å². The van der Waals surface area contributed by atoms with Crippen LogP contribution in [-0.4, -0.2) is 121 Å². The van der Waals surface area contributed by atoms with E-state index >= 15 is 8.78 Å². The number of nitrogens with one attached hydrogen (secondary N) is 3. The molecule has 2 atom stereocenters. The lowest BCUT2D eigenvalue weighted by molar-refractivity contribution is -0.137. The van der Waals surface area contributed by atoms with Crippen molar-refractivity contribution < 1.29 is 32.5 Å². The smallest absolute Gasteiger partial charge is 0.234 e. The topological polar surface area (TPSA) is 165 Å². The van der Waals surface area contributed by atoms with Gasteiger partial charge in [-0.1, -0.05) is 13.0 Å². The first-order valence-corrected chi connectivity index (χ1v) is 27.1. The van der Waals surface area contributed by atoms with Crippen molar-refractivity contribution >= 4 is 91.4 Å². The lowest BCUT2D eigenvalue weighted by Crippen LogP contribution is -2.55. The zero-order valence-electron chi connectivity index (χ0n) is 39.6. The number of benzene rings is 3. The molecule has 0 aliphatic carbocycles. The number of ether oxygens (including phenoxy) is 1. The average molecular weight is 1030 g/mol. The second-order valence-electron chi connectivity index (χ2n) is 18.9. The number of methoxy groups -OCH3 is 1. The van der Waals surface area contributed by atoms with Gasteiger partial charge < -0.3 is 34.6 Å². The molecule has 69 heavy (non-hydrogen) atoms. The predicted molar refractivity (Wildman–Crippen MR) is 269 cm³/mol. The molecular weight excluding hydrogens is 969 g/mol. The van der Waals surface area contributed by atoms with Crippen molar-refractivity contribution in [1.82, 2.24) is 30.1 Å². The minimum atomic E-state index is -2.75. The Labute approximate surface area is 409 Å². The molecule has 4 aliphatic rings. The van der Waals surface area contributed by atoms with E-state index in [1.165, 1.54) is 12.1 Å². The second kappa shape index (κ2) is 20.0. The number of carbonyl (C=O) groups excluding carboxylic acids is 3. The third-order valence-electron chi connectivity index (χ3n) is 14.1. The van der Waals surface area contributed by atoms with Crippen LogP contribution in [0.1, 0.15) is 61.8 Å². The SMILES string of the molecule is CCc1cc(Nc2ncc(Br)c(Nc3ccc4cc(C)ncc4c3P(C)(C)=O)n2)c(OC)cc1N1CCC(N2CCN(C(=O)C3CCN(c4cc(F)c(C5CCC(=O)NC5=O)c(F)c4)C3)CC2)CC1. The van der Waals surface area contributed by atoms with E-state index in [9.17, 15) is 18.9 Å². The van der Waals surface area contributed by atoms with Crippen LogP contribution in [0.5, 0.6) is 5.75 Å². The third kappa shape index (κ3) is 10.2. The van der Waals surface area contributed by atoms with Crippen LogP contribution in [-0.2, 0) is 25.4 Å². The van der Waals surface area contributed by atoms with E-state index in [0.29, 0.717) is 77.3 Å². The van der Waals surface area contributed by atoms with Gasteiger partial charge in [-0.25, -0.2) is 13.8 Å².